The van der Waals surface area contributed by atoms with Crippen molar-refractivity contribution in [2.24, 2.45) is 0 Å². The fourth-order valence-corrected chi connectivity index (χ4v) is 3.64. The van der Waals surface area contributed by atoms with E-state index in [0.717, 1.165) is 12.1 Å². The van der Waals surface area contributed by atoms with Crippen molar-refractivity contribution in [3.8, 4) is 0 Å². The van der Waals surface area contributed by atoms with E-state index >= 15 is 0 Å². The second kappa shape index (κ2) is 4.86. The summed E-state index contributed by atoms with van der Waals surface area (Å²) in [6.45, 7) is 0.784. The van der Waals surface area contributed by atoms with E-state index in [9.17, 15) is 4.79 Å². The quantitative estimate of drug-likeness (QED) is 0.893. The van der Waals surface area contributed by atoms with Gasteiger partial charge >= 0.3 is 0 Å². The molecule has 2 aromatic rings. The Morgan fingerprint density at radius 2 is 2.00 bits per heavy atom. The predicted octanol–water partition coefficient (Wildman–Crippen LogP) is 3.20. The van der Waals surface area contributed by atoms with Crippen LogP contribution in [0.25, 0.3) is 0 Å². The molecule has 1 aliphatic carbocycles. The van der Waals surface area contributed by atoms with Gasteiger partial charge in [0.2, 0.25) is 5.91 Å². The van der Waals surface area contributed by atoms with Gasteiger partial charge in [-0.1, -0.05) is 0 Å². The first-order chi connectivity index (χ1) is 8.78. The molecule has 0 unspecified atom stereocenters. The van der Waals surface area contributed by atoms with E-state index in [4.69, 9.17) is 0 Å². The molecule has 1 N–H and O–H groups in total. The standard InChI is InChI=1S/C14H15NOS2/c16-13(7-11-1-5-17-8-11)15-10-14(3-4-14)12-2-6-18-9-12/h1-2,5-6,8-9H,3-4,7,10H2,(H,15,16). The predicted molar refractivity (Wildman–Crippen MR) is 76.3 cm³/mol. The van der Waals surface area contributed by atoms with Crippen LogP contribution >= 0.6 is 22.7 Å². The van der Waals surface area contributed by atoms with Crippen LogP contribution in [0.5, 0.6) is 0 Å². The van der Waals surface area contributed by atoms with Crippen molar-refractivity contribution in [1.82, 2.24) is 5.32 Å². The van der Waals surface area contributed by atoms with E-state index < -0.39 is 0 Å². The van der Waals surface area contributed by atoms with Crippen molar-refractivity contribution < 1.29 is 4.79 Å². The van der Waals surface area contributed by atoms with E-state index in [1.54, 1.807) is 22.7 Å². The van der Waals surface area contributed by atoms with Gasteiger partial charge < -0.3 is 5.32 Å². The van der Waals surface area contributed by atoms with E-state index in [2.05, 4.69) is 22.1 Å². The van der Waals surface area contributed by atoms with Crippen LogP contribution in [0.3, 0.4) is 0 Å². The zero-order valence-electron chi connectivity index (χ0n) is 10.0. The van der Waals surface area contributed by atoms with Crippen LogP contribution in [-0.4, -0.2) is 12.5 Å². The molecule has 94 valence electrons. The molecule has 0 radical (unpaired) electrons. The molecule has 0 spiro atoms. The molecule has 18 heavy (non-hydrogen) atoms. The zero-order chi connectivity index (χ0) is 12.4. The highest BCUT2D eigenvalue weighted by Crippen LogP contribution is 2.48. The first-order valence-electron chi connectivity index (χ1n) is 6.09. The molecule has 0 saturated heterocycles. The van der Waals surface area contributed by atoms with Gasteiger partial charge in [0.15, 0.2) is 0 Å². The molecule has 0 aromatic carbocycles. The SMILES string of the molecule is O=C(Cc1ccsc1)NCC1(c2ccsc2)CC1. The minimum Gasteiger partial charge on any atom is -0.355 e. The van der Waals surface area contributed by atoms with Gasteiger partial charge in [-0.2, -0.15) is 22.7 Å². The monoisotopic (exact) mass is 277 g/mol. The van der Waals surface area contributed by atoms with E-state index in [-0.39, 0.29) is 11.3 Å². The minimum absolute atomic E-state index is 0.134. The Kier molecular flexibility index (Phi) is 3.22. The van der Waals surface area contributed by atoms with Crippen LogP contribution in [-0.2, 0) is 16.6 Å². The van der Waals surface area contributed by atoms with E-state index in [1.165, 1.54) is 18.4 Å². The second-order valence-electron chi connectivity index (χ2n) is 4.88. The summed E-state index contributed by atoms with van der Waals surface area (Å²) >= 11 is 3.37. The third-order valence-electron chi connectivity index (χ3n) is 3.56. The average Bonchev–Trinajstić information content (AvgIpc) is 2.84. The van der Waals surface area contributed by atoms with Crippen LogP contribution in [0.15, 0.2) is 33.7 Å². The normalized spacial score (nSPS) is 16.4. The van der Waals surface area contributed by atoms with Crippen LogP contribution in [0, 0.1) is 0 Å². The van der Waals surface area contributed by atoms with Crippen molar-refractivity contribution in [2.45, 2.75) is 24.7 Å². The number of thiophene rings is 2. The Labute approximate surface area is 115 Å². The van der Waals surface area contributed by atoms with Crippen LogP contribution < -0.4 is 5.32 Å². The molecule has 1 aliphatic rings. The Balaban J connectivity index is 1.54. The summed E-state index contributed by atoms with van der Waals surface area (Å²) in [5.41, 5.74) is 2.74. The van der Waals surface area contributed by atoms with Gasteiger partial charge in [-0.25, -0.2) is 0 Å². The van der Waals surface area contributed by atoms with Gasteiger partial charge in [0.05, 0.1) is 6.42 Å². The molecule has 4 heteroatoms. The molecule has 1 amide bonds. The number of carbonyl (C=O) groups is 1. The van der Waals surface area contributed by atoms with Gasteiger partial charge in [-0.05, 0) is 57.6 Å². The Morgan fingerprint density at radius 1 is 1.22 bits per heavy atom. The first kappa shape index (κ1) is 11.9. The Bertz CT molecular complexity index is 512. The fraction of sp³-hybridized carbons (Fsp3) is 0.357. The van der Waals surface area contributed by atoms with Gasteiger partial charge in [0.1, 0.15) is 0 Å². The third-order valence-corrected chi connectivity index (χ3v) is 4.97. The Hall–Kier alpha value is -1.13. The lowest BCUT2D eigenvalue weighted by Gasteiger charge is -2.14. The molecule has 1 saturated carbocycles. The average molecular weight is 277 g/mol. The van der Waals surface area contributed by atoms with Gasteiger partial charge in [-0.15, -0.1) is 0 Å². The number of rotatable bonds is 5. The molecule has 2 heterocycles. The molecule has 2 aromatic heterocycles. The summed E-state index contributed by atoms with van der Waals surface area (Å²) in [5, 5.41) is 11.4. The summed E-state index contributed by atoms with van der Waals surface area (Å²) in [6.07, 6.45) is 2.90. The molecule has 2 nitrogen and oxygen atoms in total. The summed E-state index contributed by atoms with van der Waals surface area (Å²) in [5.74, 6) is 0.134. The zero-order valence-corrected chi connectivity index (χ0v) is 11.7. The lowest BCUT2D eigenvalue weighted by molar-refractivity contribution is -0.120. The number of amides is 1. The highest BCUT2D eigenvalue weighted by molar-refractivity contribution is 7.08. The molecular formula is C14H15NOS2. The minimum atomic E-state index is 0.134. The molecule has 1 fully saturated rings. The number of hydrogen-bond acceptors (Lipinski definition) is 3. The maximum absolute atomic E-state index is 11.9. The van der Waals surface area contributed by atoms with Crippen molar-refractivity contribution in [1.29, 1.82) is 0 Å². The Morgan fingerprint density at radius 3 is 2.61 bits per heavy atom. The largest absolute Gasteiger partial charge is 0.355 e. The fourth-order valence-electron chi connectivity index (χ4n) is 2.19. The van der Waals surface area contributed by atoms with E-state index in [1.807, 2.05) is 16.8 Å². The van der Waals surface area contributed by atoms with Crippen molar-refractivity contribution in [2.75, 3.05) is 6.54 Å². The summed E-state index contributed by atoms with van der Waals surface area (Å²) in [4.78, 5) is 11.9. The van der Waals surface area contributed by atoms with Gasteiger partial charge in [0.25, 0.3) is 0 Å². The lowest BCUT2D eigenvalue weighted by Crippen LogP contribution is -2.32. The maximum atomic E-state index is 11.9. The first-order valence-corrected chi connectivity index (χ1v) is 7.98. The number of nitrogens with one attached hydrogen (secondary N) is 1. The lowest BCUT2D eigenvalue weighted by atomic mass is 9.99. The topological polar surface area (TPSA) is 29.1 Å². The highest BCUT2D eigenvalue weighted by Gasteiger charge is 2.44. The van der Waals surface area contributed by atoms with Gasteiger partial charge in [-0.3, -0.25) is 4.79 Å². The van der Waals surface area contributed by atoms with E-state index in [0.29, 0.717) is 6.42 Å². The van der Waals surface area contributed by atoms with Gasteiger partial charge in [0, 0.05) is 12.0 Å². The number of hydrogen-bond donors (Lipinski definition) is 1. The summed E-state index contributed by atoms with van der Waals surface area (Å²) < 4.78 is 0. The molecule has 3 rings (SSSR count). The smallest absolute Gasteiger partial charge is 0.224 e. The summed E-state index contributed by atoms with van der Waals surface area (Å²) in [7, 11) is 0. The molecular weight excluding hydrogens is 262 g/mol. The van der Waals surface area contributed by atoms with Crippen LogP contribution in [0.4, 0.5) is 0 Å². The van der Waals surface area contributed by atoms with Crippen molar-refractivity contribution in [3.05, 3.63) is 44.8 Å². The summed E-state index contributed by atoms with van der Waals surface area (Å²) in [6, 6.07) is 4.19. The van der Waals surface area contributed by atoms with Crippen LogP contribution in [0.1, 0.15) is 24.0 Å². The van der Waals surface area contributed by atoms with Crippen LogP contribution in [0.2, 0.25) is 0 Å². The number of carbonyl (C=O) groups excluding carboxylic acids is 1. The van der Waals surface area contributed by atoms with Crippen molar-refractivity contribution >= 4 is 28.6 Å². The second-order valence-corrected chi connectivity index (χ2v) is 6.44. The molecule has 0 aliphatic heterocycles. The third kappa shape index (κ3) is 2.49. The van der Waals surface area contributed by atoms with Crippen molar-refractivity contribution in [3.63, 3.8) is 0 Å². The maximum Gasteiger partial charge on any atom is 0.224 e. The molecule has 0 bridgehead atoms. The highest BCUT2D eigenvalue weighted by atomic mass is 32.1. The molecule has 0 atom stereocenters.